The predicted octanol–water partition coefficient (Wildman–Crippen LogP) is 3.25. The second-order valence-electron chi connectivity index (χ2n) is 5.05. The zero-order valence-electron chi connectivity index (χ0n) is 10.4. The molecule has 1 saturated carbocycles. The molecule has 0 saturated heterocycles. The number of benzene rings is 1. The Bertz CT molecular complexity index is 550. The topological polar surface area (TPSA) is 32.7 Å². The summed E-state index contributed by atoms with van der Waals surface area (Å²) in [6.07, 6.45) is 4.66. The summed E-state index contributed by atoms with van der Waals surface area (Å²) in [5.41, 5.74) is 0.866. The average molecular weight is 264 g/mol. The molecule has 0 spiro atoms. The van der Waals surface area contributed by atoms with Crippen LogP contribution in [0.2, 0.25) is 0 Å². The van der Waals surface area contributed by atoms with E-state index in [4.69, 9.17) is 0 Å². The maximum atomic E-state index is 13.7. The molecular weight excluding hydrogens is 250 g/mol. The van der Waals surface area contributed by atoms with Crippen molar-refractivity contribution in [3.8, 4) is 0 Å². The van der Waals surface area contributed by atoms with Crippen LogP contribution in [0, 0.1) is 17.6 Å². The lowest BCUT2D eigenvalue weighted by molar-refractivity contribution is -0.117. The number of hydrogen-bond acceptors (Lipinski definition) is 2. The van der Waals surface area contributed by atoms with Gasteiger partial charge in [-0.1, -0.05) is 12.8 Å². The minimum atomic E-state index is -0.759. The van der Waals surface area contributed by atoms with Gasteiger partial charge in [-0.25, -0.2) is 8.78 Å². The number of amides is 1. The minimum absolute atomic E-state index is 0.0272. The molecule has 0 radical (unpaired) electrons. The Kier molecular flexibility index (Phi) is 3.05. The van der Waals surface area contributed by atoms with Crippen molar-refractivity contribution in [1.82, 2.24) is 0 Å². The summed E-state index contributed by atoms with van der Waals surface area (Å²) in [5, 5.41) is 5.32. The molecule has 19 heavy (non-hydrogen) atoms. The van der Waals surface area contributed by atoms with Crippen LogP contribution in [-0.4, -0.2) is 11.6 Å². The summed E-state index contributed by atoms with van der Waals surface area (Å²) in [6, 6.07) is 3.16. The first kappa shape index (κ1) is 12.3. The first-order valence-electron chi connectivity index (χ1n) is 6.50. The third-order valence-corrected chi connectivity index (χ3v) is 3.76. The van der Waals surface area contributed by atoms with Crippen molar-refractivity contribution < 1.29 is 13.6 Å². The first-order chi connectivity index (χ1) is 9.15. The van der Waals surface area contributed by atoms with E-state index in [9.17, 15) is 13.6 Å². The number of halogens is 2. The van der Waals surface area contributed by atoms with E-state index in [2.05, 4.69) is 5.10 Å². The Balaban J connectivity index is 1.89. The van der Waals surface area contributed by atoms with Crippen LogP contribution >= 0.6 is 0 Å². The van der Waals surface area contributed by atoms with Gasteiger partial charge in [-0.15, -0.1) is 0 Å². The predicted molar refractivity (Wildman–Crippen MR) is 67.9 cm³/mol. The molecule has 1 aromatic carbocycles. The summed E-state index contributed by atoms with van der Waals surface area (Å²) >= 11 is 0. The molecule has 1 amide bonds. The van der Waals surface area contributed by atoms with Gasteiger partial charge in [-0.3, -0.25) is 4.79 Å². The minimum Gasteiger partial charge on any atom is -0.272 e. The van der Waals surface area contributed by atoms with Crippen LogP contribution in [-0.2, 0) is 4.79 Å². The molecule has 100 valence electrons. The van der Waals surface area contributed by atoms with Crippen LogP contribution < -0.4 is 5.01 Å². The number of carbonyl (C=O) groups excluding carboxylic acids is 1. The summed E-state index contributed by atoms with van der Waals surface area (Å²) in [6.45, 7) is 0. The van der Waals surface area contributed by atoms with Crippen molar-refractivity contribution in [2.45, 2.75) is 32.1 Å². The number of carbonyl (C=O) groups is 1. The maximum Gasteiger partial charge on any atom is 0.253 e. The number of hydrogen-bond donors (Lipinski definition) is 0. The van der Waals surface area contributed by atoms with Crippen molar-refractivity contribution in [2.75, 3.05) is 5.01 Å². The van der Waals surface area contributed by atoms with Crippen molar-refractivity contribution in [1.29, 1.82) is 0 Å². The molecule has 1 aromatic rings. The van der Waals surface area contributed by atoms with Gasteiger partial charge >= 0.3 is 0 Å². The van der Waals surface area contributed by atoms with E-state index in [1.807, 2.05) is 0 Å². The number of nitrogens with zero attached hydrogens (tertiary/aromatic N) is 2. The zero-order valence-corrected chi connectivity index (χ0v) is 10.4. The molecule has 1 aliphatic heterocycles. The maximum absolute atomic E-state index is 13.7. The lowest BCUT2D eigenvalue weighted by Gasteiger charge is -2.12. The van der Waals surface area contributed by atoms with Gasteiger partial charge in [0.2, 0.25) is 0 Å². The van der Waals surface area contributed by atoms with E-state index in [0.29, 0.717) is 5.92 Å². The molecule has 2 aliphatic rings. The Morgan fingerprint density at radius 2 is 1.95 bits per heavy atom. The van der Waals surface area contributed by atoms with E-state index in [-0.39, 0.29) is 18.0 Å². The summed E-state index contributed by atoms with van der Waals surface area (Å²) in [7, 11) is 0. The fourth-order valence-corrected chi connectivity index (χ4v) is 2.78. The largest absolute Gasteiger partial charge is 0.272 e. The Morgan fingerprint density at radius 1 is 1.21 bits per heavy atom. The highest BCUT2D eigenvalue weighted by molar-refractivity contribution is 6.13. The Morgan fingerprint density at radius 3 is 2.63 bits per heavy atom. The second-order valence-corrected chi connectivity index (χ2v) is 5.05. The first-order valence-corrected chi connectivity index (χ1v) is 6.50. The third-order valence-electron chi connectivity index (χ3n) is 3.76. The monoisotopic (exact) mass is 264 g/mol. The van der Waals surface area contributed by atoms with Gasteiger partial charge in [0.05, 0.1) is 12.1 Å². The van der Waals surface area contributed by atoms with Crippen molar-refractivity contribution in [3.05, 3.63) is 29.8 Å². The molecule has 0 bridgehead atoms. The van der Waals surface area contributed by atoms with Crippen LogP contribution in [0.25, 0.3) is 0 Å². The molecule has 1 aliphatic carbocycles. The molecule has 1 heterocycles. The number of anilines is 1. The second kappa shape index (κ2) is 4.72. The van der Waals surface area contributed by atoms with Gasteiger partial charge in [0, 0.05) is 6.07 Å². The van der Waals surface area contributed by atoms with Crippen molar-refractivity contribution >= 4 is 17.3 Å². The van der Waals surface area contributed by atoms with Gasteiger partial charge in [-0.05, 0) is 30.9 Å². The highest BCUT2D eigenvalue weighted by atomic mass is 19.1. The van der Waals surface area contributed by atoms with Gasteiger partial charge in [0.25, 0.3) is 5.91 Å². The van der Waals surface area contributed by atoms with Gasteiger partial charge in [-0.2, -0.15) is 10.1 Å². The number of hydrazone groups is 1. The normalized spacial score (nSPS) is 20.2. The molecule has 0 atom stereocenters. The van der Waals surface area contributed by atoms with Gasteiger partial charge in [0.1, 0.15) is 11.5 Å². The number of rotatable bonds is 2. The highest BCUT2D eigenvalue weighted by Gasteiger charge is 2.32. The smallest absolute Gasteiger partial charge is 0.253 e. The van der Waals surface area contributed by atoms with Gasteiger partial charge in [0.15, 0.2) is 5.82 Å². The summed E-state index contributed by atoms with van der Waals surface area (Å²) < 4.78 is 26.6. The van der Waals surface area contributed by atoms with E-state index < -0.39 is 11.6 Å². The molecular formula is C14H14F2N2O. The van der Waals surface area contributed by atoms with Crippen LogP contribution in [0.15, 0.2) is 23.3 Å². The van der Waals surface area contributed by atoms with Crippen LogP contribution in [0.3, 0.4) is 0 Å². The standard InChI is InChI=1S/C14H14F2N2O/c15-10-5-6-13(11(16)7-10)18-14(19)8-12(17-18)9-3-1-2-4-9/h5-7,9H,1-4,8H2. The Hall–Kier alpha value is -1.78. The highest BCUT2D eigenvalue weighted by Crippen LogP contribution is 2.32. The van der Waals surface area contributed by atoms with Crippen LogP contribution in [0.1, 0.15) is 32.1 Å². The van der Waals surface area contributed by atoms with E-state index in [1.165, 1.54) is 6.07 Å². The fourth-order valence-electron chi connectivity index (χ4n) is 2.78. The van der Waals surface area contributed by atoms with Crippen molar-refractivity contribution in [3.63, 3.8) is 0 Å². The lowest BCUT2D eigenvalue weighted by atomic mass is 10.00. The van der Waals surface area contributed by atoms with Gasteiger partial charge < -0.3 is 0 Å². The van der Waals surface area contributed by atoms with E-state index in [1.54, 1.807) is 0 Å². The van der Waals surface area contributed by atoms with Crippen LogP contribution in [0.5, 0.6) is 0 Å². The van der Waals surface area contributed by atoms with E-state index in [0.717, 1.165) is 48.5 Å². The summed E-state index contributed by atoms with van der Waals surface area (Å²) in [5.74, 6) is -1.32. The van der Waals surface area contributed by atoms with E-state index >= 15 is 0 Å². The molecule has 0 aromatic heterocycles. The molecule has 1 fully saturated rings. The quantitative estimate of drug-likeness (QED) is 0.807. The summed E-state index contributed by atoms with van der Waals surface area (Å²) in [4.78, 5) is 11.9. The van der Waals surface area contributed by atoms with Crippen LogP contribution in [0.4, 0.5) is 14.5 Å². The molecule has 5 heteroatoms. The lowest BCUT2D eigenvalue weighted by Crippen LogP contribution is -2.20. The average Bonchev–Trinajstić information content (AvgIpc) is 2.98. The molecule has 0 unspecified atom stereocenters. The van der Waals surface area contributed by atoms with Crippen molar-refractivity contribution in [2.24, 2.45) is 11.0 Å². The molecule has 0 N–H and O–H groups in total. The Labute approximate surface area is 109 Å². The fraction of sp³-hybridized carbons (Fsp3) is 0.429. The third kappa shape index (κ3) is 2.25. The zero-order chi connectivity index (χ0) is 13.4. The molecule has 3 rings (SSSR count). The SMILES string of the molecule is O=C1CC(C2CCCC2)=NN1c1ccc(F)cc1F. The molecule has 3 nitrogen and oxygen atoms in total.